The second kappa shape index (κ2) is 11.0. The average Bonchev–Trinajstić information content (AvgIpc) is 2.70. The maximum absolute atomic E-state index is 11.9. The predicted molar refractivity (Wildman–Crippen MR) is 128 cm³/mol. The van der Waals surface area contributed by atoms with Gasteiger partial charge in [0.2, 0.25) is 5.60 Å². The molecule has 0 heterocycles. The van der Waals surface area contributed by atoms with Gasteiger partial charge in [-0.1, -0.05) is 19.0 Å². The zero-order valence-electron chi connectivity index (χ0n) is 18.5. The molecule has 0 atom stereocenters. The molecule has 0 saturated heterocycles. The molecule has 0 aromatic heterocycles. The lowest BCUT2D eigenvalue weighted by Crippen LogP contribution is -2.35. The Hall–Kier alpha value is -2.06. The third-order valence-corrected chi connectivity index (χ3v) is 5.49. The van der Waals surface area contributed by atoms with Gasteiger partial charge in [0.1, 0.15) is 11.5 Å². The second-order valence-electron chi connectivity index (χ2n) is 7.53. The molecule has 0 bridgehead atoms. The number of nitrogens with zero attached hydrogens (tertiary/aromatic N) is 1. The number of ether oxygens (including phenoxy) is 3. The summed E-state index contributed by atoms with van der Waals surface area (Å²) in [5.74, 6) is 1.98. The minimum Gasteiger partial charge on any atom is -0.496 e. The zero-order chi connectivity index (χ0) is 23.2. The first-order chi connectivity index (χ1) is 14.6. The molecule has 2 aromatic rings. The summed E-state index contributed by atoms with van der Waals surface area (Å²) in [5, 5.41) is 3.94. The zero-order valence-corrected chi connectivity index (χ0v) is 21.7. The molecular formula is C23H27Br2NO5. The summed E-state index contributed by atoms with van der Waals surface area (Å²) in [7, 11) is 1.66. The van der Waals surface area contributed by atoms with E-state index in [1.807, 2.05) is 30.3 Å². The molecule has 0 spiro atoms. The monoisotopic (exact) mass is 555 g/mol. The Morgan fingerprint density at radius 3 is 2.35 bits per heavy atom. The van der Waals surface area contributed by atoms with Gasteiger partial charge in [-0.3, -0.25) is 0 Å². The molecule has 6 nitrogen and oxygen atoms in total. The minimum absolute atomic E-state index is 0.281. The van der Waals surface area contributed by atoms with Crippen molar-refractivity contribution in [2.75, 3.05) is 13.7 Å². The maximum Gasteiger partial charge on any atom is 0.352 e. The largest absolute Gasteiger partial charge is 0.496 e. The number of rotatable bonds is 9. The Balaban J connectivity index is 2.19. The number of methoxy groups -OCH3 is 1. The van der Waals surface area contributed by atoms with Crippen molar-refractivity contribution in [3.8, 4) is 17.2 Å². The number of hydrogen-bond donors (Lipinski definition) is 0. The summed E-state index contributed by atoms with van der Waals surface area (Å²) in [4.78, 5) is 17.2. The number of carbonyl (C=O) groups excluding carboxylic acids is 1. The van der Waals surface area contributed by atoms with Crippen LogP contribution in [-0.4, -0.2) is 31.5 Å². The molecule has 8 heteroatoms. The summed E-state index contributed by atoms with van der Waals surface area (Å²) in [5.41, 5.74) is 0.646. The quantitative estimate of drug-likeness (QED) is 0.192. The van der Waals surface area contributed by atoms with Crippen LogP contribution in [0.3, 0.4) is 0 Å². The molecule has 31 heavy (non-hydrogen) atoms. The summed E-state index contributed by atoms with van der Waals surface area (Å²) in [6.45, 7) is 9.44. The molecular weight excluding hydrogens is 530 g/mol. The maximum atomic E-state index is 11.9. The van der Waals surface area contributed by atoms with Crippen LogP contribution in [0.4, 0.5) is 0 Å². The van der Waals surface area contributed by atoms with Crippen molar-refractivity contribution in [1.29, 1.82) is 0 Å². The van der Waals surface area contributed by atoms with Crippen molar-refractivity contribution in [2.45, 2.75) is 46.1 Å². The van der Waals surface area contributed by atoms with Gasteiger partial charge >= 0.3 is 5.97 Å². The summed E-state index contributed by atoms with van der Waals surface area (Å²) >= 11 is 7.10. The molecule has 0 radical (unpaired) electrons. The van der Waals surface area contributed by atoms with E-state index in [0.717, 1.165) is 25.8 Å². The Morgan fingerprint density at radius 1 is 1.16 bits per heavy atom. The number of benzene rings is 2. The lowest BCUT2D eigenvalue weighted by atomic mass is 10.0. The van der Waals surface area contributed by atoms with Crippen LogP contribution in [0, 0.1) is 0 Å². The molecule has 0 aliphatic carbocycles. The van der Waals surface area contributed by atoms with E-state index in [1.165, 1.54) is 6.21 Å². The van der Waals surface area contributed by atoms with Crippen molar-refractivity contribution in [3.05, 3.63) is 50.4 Å². The van der Waals surface area contributed by atoms with E-state index < -0.39 is 11.6 Å². The first-order valence-corrected chi connectivity index (χ1v) is 11.4. The highest BCUT2D eigenvalue weighted by Gasteiger charge is 2.31. The van der Waals surface area contributed by atoms with Gasteiger partial charge in [0.15, 0.2) is 5.75 Å². The van der Waals surface area contributed by atoms with Crippen molar-refractivity contribution >= 4 is 44.0 Å². The van der Waals surface area contributed by atoms with Crippen LogP contribution in [0.1, 0.15) is 51.7 Å². The van der Waals surface area contributed by atoms with Crippen LogP contribution in [0.5, 0.6) is 17.2 Å². The van der Waals surface area contributed by atoms with E-state index in [0.29, 0.717) is 17.4 Å². The molecule has 0 saturated carbocycles. The number of hydrogen-bond acceptors (Lipinski definition) is 6. The van der Waals surface area contributed by atoms with Gasteiger partial charge in [-0.15, -0.1) is 0 Å². The standard InChI is InChI=1S/C23H27Br2NO5/c1-7-29-22(27)23(4,5)31-26-13-15-10-18(24)21(19(25)11-15)30-16-8-9-20(28-6)17(12-16)14(2)3/h8-14H,7H2,1-6H3/b26-13+. The topological polar surface area (TPSA) is 66.4 Å². The van der Waals surface area contributed by atoms with Crippen molar-refractivity contribution < 1.29 is 23.8 Å². The second-order valence-corrected chi connectivity index (χ2v) is 9.24. The molecule has 0 fully saturated rings. The lowest BCUT2D eigenvalue weighted by molar-refractivity contribution is -0.167. The average molecular weight is 557 g/mol. The summed E-state index contributed by atoms with van der Waals surface area (Å²) < 4.78 is 18.0. The summed E-state index contributed by atoms with van der Waals surface area (Å²) in [6.07, 6.45) is 1.52. The first kappa shape index (κ1) is 25.2. The van der Waals surface area contributed by atoms with Gasteiger partial charge in [-0.25, -0.2) is 4.79 Å². The van der Waals surface area contributed by atoms with E-state index in [-0.39, 0.29) is 6.61 Å². The van der Waals surface area contributed by atoms with Gasteiger partial charge < -0.3 is 19.0 Å². The number of esters is 1. The van der Waals surface area contributed by atoms with E-state index in [4.69, 9.17) is 19.0 Å². The fourth-order valence-corrected chi connectivity index (χ4v) is 4.04. The van der Waals surface area contributed by atoms with Gasteiger partial charge in [0, 0.05) is 5.56 Å². The first-order valence-electron chi connectivity index (χ1n) is 9.82. The van der Waals surface area contributed by atoms with Gasteiger partial charge in [0.25, 0.3) is 0 Å². The SMILES string of the molecule is CCOC(=O)C(C)(C)O/N=C/c1cc(Br)c(Oc2ccc(OC)c(C(C)C)c2)c(Br)c1. The minimum atomic E-state index is -1.17. The van der Waals surface area contributed by atoms with Gasteiger partial charge in [-0.05, 0) is 94.4 Å². The highest BCUT2D eigenvalue weighted by molar-refractivity contribution is 9.11. The van der Waals surface area contributed by atoms with Crippen LogP contribution < -0.4 is 9.47 Å². The van der Waals surface area contributed by atoms with Crippen molar-refractivity contribution in [3.63, 3.8) is 0 Å². The molecule has 2 rings (SSSR count). The Morgan fingerprint density at radius 2 is 1.81 bits per heavy atom. The summed E-state index contributed by atoms with van der Waals surface area (Å²) in [6, 6.07) is 9.43. The molecule has 168 valence electrons. The van der Waals surface area contributed by atoms with E-state index in [2.05, 4.69) is 50.9 Å². The number of carbonyl (C=O) groups is 1. The fraction of sp³-hybridized carbons (Fsp3) is 0.391. The van der Waals surface area contributed by atoms with Crippen LogP contribution in [0.25, 0.3) is 0 Å². The van der Waals surface area contributed by atoms with E-state index >= 15 is 0 Å². The molecule has 2 aromatic carbocycles. The van der Waals surface area contributed by atoms with Crippen LogP contribution >= 0.6 is 31.9 Å². The third kappa shape index (κ3) is 6.71. The van der Waals surface area contributed by atoms with Crippen molar-refractivity contribution in [1.82, 2.24) is 0 Å². The Bertz CT molecular complexity index is 934. The normalized spacial score (nSPS) is 11.6. The highest BCUT2D eigenvalue weighted by Crippen LogP contribution is 2.39. The van der Waals surface area contributed by atoms with Crippen molar-refractivity contribution in [2.24, 2.45) is 5.16 Å². The van der Waals surface area contributed by atoms with Crippen LogP contribution in [-0.2, 0) is 14.4 Å². The van der Waals surface area contributed by atoms with Gasteiger partial charge in [-0.2, -0.15) is 0 Å². The molecule has 0 aliphatic rings. The Kier molecular flexibility index (Phi) is 8.94. The van der Waals surface area contributed by atoms with Crippen LogP contribution in [0.15, 0.2) is 44.4 Å². The van der Waals surface area contributed by atoms with Crippen LogP contribution in [0.2, 0.25) is 0 Å². The molecule has 0 aliphatic heterocycles. The predicted octanol–water partition coefficient (Wildman–Crippen LogP) is 6.83. The molecule has 0 amide bonds. The van der Waals surface area contributed by atoms with Gasteiger partial charge in [0.05, 0.1) is 28.9 Å². The third-order valence-electron chi connectivity index (χ3n) is 4.31. The highest BCUT2D eigenvalue weighted by atomic mass is 79.9. The lowest BCUT2D eigenvalue weighted by Gasteiger charge is -2.19. The smallest absolute Gasteiger partial charge is 0.352 e. The van der Waals surface area contributed by atoms with E-state index in [1.54, 1.807) is 27.9 Å². The molecule has 0 N–H and O–H groups in total. The van der Waals surface area contributed by atoms with E-state index in [9.17, 15) is 4.79 Å². The number of oxime groups is 1. The molecule has 0 unspecified atom stereocenters. The fourth-order valence-electron chi connectivity index (χ4n) is 2.66. The number of halogens is 2. The Labute approximate surface area is 200 Å².